The average molecular weight is 1480 g/mol. The number of carbonyl (C=O) groups is 8. The second kappa shape index (κ2) is 33.9. The number of fused-ring (bicyclic) bond motifs is 10. The van der Waals surface area contributed by atoms with E-state index >= 15 is 0 Å². The van der Waals surface area contributed by atoms with Crippen molar-refractivity contribution in [2.24, 2.45) is 64.5 Å². The Morgan fingerprint density at radius 1 is 0.477 bits per heavy atom. The van der Waals surface area contributed by atoms with Crippen LogP contribution in [-0.4, -0.2) is 79.6 Å². The summed E-state index contributed by atoms with van der Waals surface area (Å²) in [5, 5.41) is 22.2. The molecule has 8 atom stereocenters. The van der Waals surface area contributed by atoms with Gasteiger partial charge in [-0.2, -0.15) is 0 Å². The number of carbonyl (C=O) groups excluding carboxylic acids is 8. The first-order valence-electron chi connectivity index (χ1n) is 38.1. The van der Waals surface area contributed by atoms with Crippen LogP contribution in [0.3, 0.4) is 0 Å². The van der Waals surface area contributed by atoms with Crippen LogP contribution in [0.1, 0.15) is 185 Å². The van der Waals surface area contributed by atoms with Crippen LogP contribution in [0.2, 0.25) is 0 Å². The van der Waals surface area contributed by atoms with E-state index in [1.807, 2.05) is 18.2 Å². The zero-order valence-electron chi connectivity index (χ0n) is 65.1. The van der Waals surface area contributed by atoms with Gasteiger partial charge in [-0.25, -0.2) is 0 Å². The Morgan fingerprint density at radius 3 is 1.19 bits per heavy atom. The molecule has 576 valence electrons. The van der Waals surface area contributed by atoms with Crippen molar-refractivity contribution < 1.29 is 57.3 Å². The van der Waals surface area contributed by atoms with E-state index < -0.39 is 94.8 Å². The highest BCUT2D eigenvalue weighted by molar-refractivity contribution is 6.31. The molecule has 4 saturated carbocycles. The highest BCUT2D eigenvalue weighted by atomic mass is 16.5. The maximum atomic E-state index is 14.7. The number of nitrogens with one attached hydrogen (secondary N) is 5. The van der Waals surface area contributed by atoms with Crippen molar-refractivity contribution in [3.63, 3.8) is 0 Å². The van der Waals surface area contributed by atoms with Gasteiger partial charge in [0.1, 0.15) is 0 Å². The number of nitrogens with two attached hydrogens (primary N) is 3. The summed E-state index contributed by atoms with van der Waals surface area (Å²) in [5.41, 5.74) is 29.8. The second-order valence-electron chi connectivity index (χ2n) is 33.6. The van der Waals surface area contributed by atoms with Gasteiger partial charge in [0, 0.05) is 39.4 Å². The van der Waals surface area contributed by atoms with E-state index in [1.54, 1.807) is 78.9 Å². The number of esters is 4. The second-order valence-corrected chi connectivity index (χ2v) is 33.6. The number of ether oxygens (including phenoxy) is 4. The number of amides is 4. The Balaban J connectivity index is 1.17. The number of hydrogen-bond acceptors (Lipinski definition) is 16. The van der Waals surface area contributed by atoms with Crippen LogP contribution in [0.5, 0.6) is 0 Å². The van der Waals surface area contributed by atoms with Crippen LogP contribution < -0.4 is 38.5 Å². The van der Waals surface area contributed by atoms with Gasteiger partial charge in [0.25, 0.3) is 0 Å². The highest BCUT2D eigenvalue weighted by Gasteiger charge is 2.53. The van der Waals surface area contributed by atoms with Crippen molar-refractivity contribution >= 4 is 92.7 Å². The Kier molecular flexibility index (Phi) is 25.1. The van der Waals surface area contributed by atoms with E-state index in [9.17, 15) is 43.8 Å². The van der Waals surface area contributed by atoms with Crippen LogP contribution in [0.4, 0.5) is 22.7 Å². The molecule has 4 aromatic rings. The fourth-order valence-electron chi connectivity index (χ4n) is 13.4. The summed E-state index contributed by atoms with van der Waals surface area (Å²) in [6.07, 6.45) is 22.0. The van der Waals surface area contributed by atoms with E-state index in [0.717, 1.165) is 22.3 Å². The van der Waals surface area contributed by atoms with E-state index in [0.29, 0.717) is 44.1 Å². The summed E-state index contributed by atoms with van der Waals surface area (Å²) >= 11 is 0. The number of hydrogen-bond donors (Lipinski definition) is 8. The molecule has 6 aliphatic rings. The molecule has 0 spiro atoms. The SMILES string of the molecule is C=C/C=C\C(N)=C1\C(=N)\C=C/C=C(c2cc(C(C)(C)C)cc(C(C)(C)C)c2)/C=C/C=C(N)/C(=C(N)/C=C\CCc2cc(C(C)(C)C)cc(C(C)(C)C)c2)c2c3cccc2NC(=O)[C@@H]2C[C@@H]2C(=O)OCCCCOC(=O)C2C[C@H]2C(=O)Nc2cccc(c21)NC(=O)[C@@H]1C[C@@H]1C(=O)OCCCCOC(=O)C1C[C@H]1C(=O)N3. The number of cyclic esters (lactones) is 4. The molecule has 4 aliphatic carbocycles. The summed E-state index contributed by atoms with van der Waals surface area (Å²) in [6, 6.07) is 23.0. The monoisotopic (exact) mass is 1480 g/mol. The van der Waals surface area contributed by atoms with Crippen LogP contribution in [0, 0.1) is 52.8 Å². The van der Waals surface area contributed by atoms with E-state index in [4.69, 9.17) is 36.1 Å². The summed E-state index contributed by atoms with van der Waals surface area (Å²) in [7, 11) is 0. The molecule has 109 heavy (non-hydrogen) atoms. The highest BCUT2D eigenvalue weighted by Crippen LogP contribution is 2.47. The van der Waals surface area contributed by atoms with Gasteiger partial charge in [-0.1, -0.05) is 181 Å². The molecule has 0 radical (unpaired) electrons. The van der Waals surface area contributed by atoms with Crippen molar-refractivity contribution in [2.45, 2.75) is 169 Å². The lowest BCUT2D eigenvalue weighted by atomic mass is 9.79. The van der Waals surface area contributed by atoms with Crippen molar-refractivity contribution in [3.8, 4) is 0 Å². The third-order valence-corrected chi connectivity index (χ3v) is 20.7. The smallest absolute Gasteiger partial charge is 0.309 e. The lowest BCUT2D eigenvalue weighted by Gasteiger charge is -2.26. The number of benzene rings is 4. The minimum atomic E-state index is -0.798. The Hall–Kier alpha value is -10.6. The molecule has 2 bridgehead atoms. The first-order valence-corrected chi connectivity index (χ1v) is 38.1. The van der Waals surface area contributed by atoms with E-state index in [1.165, 1.54) is 17.2 Å². The summed E-state index contributed by atoms with van der Waals surface area (Å²) in [4.78, 5) is 113. The Labute approximate surface area is 641 Å². The Morgan fingerprint density at radius 2 is 0.826 bits per heavy atom. The van der Waals surface area contributed by atoms with Gasteiger partial charge in [0.2, 0.25) is 23.6 Å². The summed E-state index contributed by atoms with van der Waals surface area (Å²) < 4.78 is 22.7. The summed E-state index contributed by atoms with van der Waals surface area (Å²) in [6.45, 7) is 29.8. The number of aryl methyl sites for hydroxylation is 1. The maximum Gasteiger partial charge on any atom is 0.309 e. The normalized spacial score (nSPS) is 25.9. The van der Waals surface area contributed by atoms with Crippen molar-refractivity contribution in [1.82, 2.24) is 0 Å². The maximum absolute atomic E-state index is 14.7. The molecule has 11 N–H and O–H groups in total. The van der Waals surface area contributed by atoms with Gasteiger partial charge in [0.05, 0.1) is 102 Å². The van der Waals surface area contributed by atoms with Gasteiger partial charge < -0.3 is 62.8 Å². The van der Waals surface area contributed by atoms with Gasteiger partial charge >= 0.3 is 23.9 Å². The van der Waals surface area contributed by atoms with Crippen LogP contribution in [0.25, 0.3) is 16.7 Å². The fourth-order valence-corrected chi connectivity index (χ4v) is 13.4. The topological polar surface area (TPSA) is 324 Å². The molecule has 0 saturated heterocycles. The molecule has 4 aromatic carbocycles. The van der Waals surface area contributed by atoms with Gasteiger partial charge in [-0.05, 0) is 173 Å². The molecule has 20 heteroatoms. The molecule has 4 fully saturated rings. The number of rotatable bonds is 7. The number of allylic oxidation sites excluding steroid dienone is 14. The molecule has 0 aromatic heterocycles. The van der Waals surface area contributed by atoms with Gasteiger partial charge in [-0.15, -0.1) is 0 Å². The molecule has 20 nitrogen and oxygen atoms in total. The predicted molar refractivity (Wildman–Crippen MR) is 429 cm³/mol. The van der Waals surface area contributed by atoms with Crippen LogP contribution in [-0.2, 0) is 85.4 Å². The Bertz CT molecular complexity index is 4330. The molecular weight excluding hydrogens is 1370 g/mol. The van der Waals surface area contributed by atoms with Gasteiger partial charge in [-0.3, -0.25) is 38.4 Å². The standard InChI is InChI=1S/C89H108N8O12/c1-14-15-29-66(90)74-68(92)31-22-27-52(53-43-56(88(8,9)10)46-57(44-53)89(11,12)13)28-23-32-69(93)75(67(91)30-17-16-26-51-41-54(86(2,3)4)45-55(42-51)87(5,6)7)77-72-35-25-36-73(77)97-81(101)61-50-65(61)85(105)109-40-21-19-38-107-83(103)63-48-59(63)79(99)95-71-34-24-33-70(76(71)74)94-78(98)58-47-62(58)82(102)106-37-18-20-39-108-84(104)64-49-60(64)80(100)96-72/h14-15,17,22-25,27-36,41-46,58-65,92H,1,16,18-21,26,37-40,47-50,90-91,93H2,2-13H3,(H,94,98)(H,95,99)(H,96,100)(H,97,101)/b28-23+,29-15-,30-17-,31-22-,52-27-,69-32-,74-66+,75-67+,92-68?/t58-,59-,60-,61-,62+,63?,64?,65+/m1/s1. The zero-order chi connectivity index (χ0) is 79.0. The van der Waals surface area contributed by atoms with E-state index in [-0.39, 0.29) is 142 Å². The van der Waals surface area contributed by atoms with Crippen molar-refractivity contribution in [2.75, 3.05) is 47.7 Å². The number of anilines is 4. The van der Waals surface area contributed by atoms with Gasteiger partial charge in [0.15, 0.2) is 0 Å². The molecule has 4 amide bonds. The molecule has 2 heterocycles. The van der Waals surface area contributed by atoms with Crippen LogP contribution >= 0.6 is 0 Å². The van der Waals surface area contributed by atoms with Crippen molar-refractivity contribution in [1.29, 1.82) is 5.41 Å². The predicted octanol–water partition coefficient (Wildman–Crippen LogP) is 15.0. The first kappa shape index (κ1) is 80.9. The largest absolute Gasteiger partial charge is 0.465 e. The summed E-state index contributed by atoms with van der Waals surface area (Å²) in [5.74, 6) is -10.6. The lowest BCUT2D eigenvalue weighted by molar-refractivity contribution is -0.148. The molecule has 2 aliphatic heterocycles. The van der Waals surface area contributed by atoms with Crippen LogP contribution in [0.15, 0.2) is 163 Å². The zero-order valence-corrected chi connectivity index (χ0v) is 65.1. The average Bonchev–Trinajstić information content (AvgIpc) is 1.74. The van der Waals surface area contributed by atoms with Crippen molar-refractivity contribution in [3.05, 3.63) is 208 Å². The minimum absolute atomic E-state index is 0.0187. The third kappa shape index (κ3) is 20.8. The minimum Gasteiger partial charge on any atom is -0.465 e. The third-order valence-electron chi connectivity index (χ3n) is 20.7. The quantitative estimate of drug-likeness (QED) is 0.0484. The fraction of sp³-hybridized carbons (Fsp3) is 0.427. The molecule has 2 unspecified atom stereocenters. The first-order chi connectivity index (χ1) is 51.5. The lowest BCUT2D eigenvalue weighted by Crippen LogP contribution is -2.22. The molecule has 10 rings (SSSR count). The van der Waals surface area contributed by atoms with E-state index in [2.05, 4.69) is 147 Å². The molecular formula is C89H108N8O12.